The average molecular weight is 272 g/mol. The number of nitrogens with zero attached hydrogens (tertiary/aromatic N) is 1. The third-order valence-corrected chi connectivity index (χ3v) is 4.75. The quantitative estimate of drug-likeness (QED) is 0.912. The summed E-state index contributed by atoms with van der Waals surface area (Å²) in [5.41, 5.74) is 2.58. The molecule has 1 aromatic rings. The van der Waals surface area contributed by atoms with Crippen molar-refractivity contribution in [3.63, 3.8) is 0 Å². The van der Waals surface area contributed by atoms with E-state index in [-0.39, 0.29) is 5.92 Å². The Balaban J connectivity index is 1.50. The number of likely N-dealkylation sites (N-methyl/N-ethyl adjacent to an activating group) is 1. The van der Waals surface area contributed by atoms with Crippen molar-refractivity contribution in [1.82, 2.24) is 10.2 Å². The lowest BCUT2D eigenvalue weighted by atomic mass is 9.77. The number of fused-ring (bicyclic) bond motifs is 1. The number of nitrogens with one attached hydrogen (secondary N) is 1. The molecule has 1 aromatic carbocycles. The fourth-order valence-corrected chi connectivity index (χ4v) is 3.38. The van der Waals surface area contributed by atoms with Crippen molar-refractivity contribution < 1.29 is 4.79 Å². The van der Waals surface area contributed by atoms with Crippen LogP contribution < -0.4 is 5.32 Å². The van der Waals surface area contributed by atoms with Crippen LogP contribution in [0.25, 0.3) is 0 Å². The third kappa shape index (κ3) is 2.73. The molecule has 2 atom stereocenters. The van der Waals surface area contributed by atoms with Gasteiger partial charge in [0.1, 0.15) is 0 Å². The summed E-state index contributed by atoms with van der Waals surface area (Å²) in [5, 5.41) is 3.55. The van der Waals surface area contributed by atoms with Crippen LogP contribution in [-0.4, -0.2) is 37.0 Å². The van der Waals surface area contributed by atoms with Gasteiger partial charge in [-0.15, -0.1) is 0 Å². The van der Waals surface area contributed by atoms with E-state index in [0.29, 0.717) is 11.9 Å². The van der Waals surface area contributed by atoms with Gasteiger partial charge >= 0.3 is 0 Å². The van der Waals surface area contributed by atoms with Crippen molar-refractivity contribution in [2.45, 2.75) is 44.1 Å². The first kappa shape index (κ1) is 13.6. The molecule has 0 spiro atoms. The zero-order chi connectivity index (χ0) is 13.9. The second-order valence-electron chi connectivity index (χ2n) is 6.15. The van der Waals surface area contributed by atoms with Crippen molar-refractivity contribution in [1.29, 1.82) is 0 Å². The third-order valence-electron chi connectivity index (χ3n) is 4.75. The molecule has 1 N–H and O–H groups in total. The lowest BCUT2D eigenvalue weighted by Crippen LogP contribution is -2.41. The van der Waals surface area contributed by atoms with E-state index in [1.165, 1.54) is 30.4 Å². The molecule has 1 aliphatic carbocycles. The molecule has 2 aliphatic rings. The van der Waals surface area contributed by atoms with E-state index < -0.39 is 0 Å². The van der Waals surface area contributed by atoms with Crippen LogP contribution in [0.3, 0.4) is 0 Å². The predicted octanol–water partition coefficient (Wildman–Crippen LogP) is 2.32. The maximum Gasteiger partial charge on any atom is 0.230 e. The van der Waals surface area contributed by atoms with Gasteiger partial charge in [-0.05, 0) is 43.4 Å². The van der Waals surface area contributed by atoms with Crippen LogP contribution >= 0.6 is 0 Å². The first-order valence-corrected chi connectivity index (χ1v) is 7.82. The van der Waals surface area contributed by atoms with Crippen LogP contribution in [0.2, 0.25) is 0 Å². The molecule has 0 saturated carbocycles. The summed E-state index contributed by atoms with van der Waals surface area (Å²) in [6.07, 6.45) is 5.88. The fourth-order valence-electron chi connectivity index (χ4n) is 3.38. The van der Waals surface area contributed by atoms with Gasteiger partial charge in [0.2, 0.25) is 5.91 Å². The SMILES string of the molecule is CN(CCC1CCCCN1)C(=O)C1Cc2ccccc21. The summed E-state index contributed by atoms with van der Waals surface area (Å²) in [6, 6.07) is 8.92. The molecule has 3 rings (SSSR count). The van der Waals surface area contributed by atoms with E-state index in [1.54, 1.807) is 0 Å². The van der Waals surface area contributed by atoms with Crippen LogP contribution in [0, 0.1) is 0 Å². The van der Waals surface area contributed by atoms with E-state index in [9.17, 15) is 4.79 Å². The standard InChI is InChI=1S/C17H24N2O/c1-19(11-9-14-7-4-5-10-18-14)17(20)16-12-13-6-2-3-8-15(13)16/h2-3,6,8,14,16,18H,4-5,7,9-12H2,1H3. The highest BCUT2D eigenvalue weighted by molar-refractivity contribution is 5.86. The molecule has 0 aromatic heterocycles. The summed E-state index contributed by atoms with van der Waals surface area (Å²) in [4.78, 5) is 14.4. The Morgan fingerprint density at radius 3 is 2.95 bits per heavy atom. The summed E-state index contributed by atoms with van der Waals surface area (Å²) in [7, 11) is 1.95. The monoisotopic (exact) mass is 272 g/mol. The number of piperidine rings is 1. The van der Waals surface area contributed by atoms with Crippen molar-refractivity contribution >= 4 is 5.91 Å². The smallest absolute Gasteiger partial charge is 0.230 e. The first-order valence-electron chi connectivity index (χ1n) is 7.82. The van der Waals surface area contributed by atoms with Crippen LogP contribution in [0.15, 0.2) is 24.3 Å². The van der Waals surface area contributed by atoms with Crippen LogP contribution in [0.1, 0.15) is 42.7 Å². The number of rotatable bonds is 4. The van der Waals surface area contributed by atoms with E-state index in [1.807, 2.05) is 18.0 Å². The number of carbonyl (C=O) groups excluding carboxylic acids is 1. The molecule has 3 nitrogen and oxygen atoms in total. The Kier molecular flexibility index (Phi) is 4.06. The molecular weight excluding hydrogens is 248 g/mol. The first-order chi connectivity index (χ1) is 9.75. The van der Waals surface area contributed by atoms with E-state index in [2.05, 4.69) is 23.5 Å². The summed E-state index contributed by atoms with van der Waals surface area (Å²) in [5.74, 6) is 0.398. The maximum atomic E-state index is 12.5. The number of benzene rings is 1. The minimum Gasteiger partial charge on any atom is -0.345 e. The number of amides is 1. The molecule has 0 bridgehead atoms. The largest absolute Gasteiger partial charge is 0.345 e. The van der Waals surface area contributed by atoms with Gasteiger partial charge in [-0.1, -0.05) is 30.7 Å². The molecule has 3 heteroatoms. The van der Waals surface area contributed by atoms with Crippen LogP contribution in [0.4, 0.5) is 0 Å². The van der Waals surface area contributed by atoms with Gasteiger partial charge < -0.3 is 10.2 Å². The van der Waals surface area contributed by atoms with Crippen molar-refractivity contribution in [2.24, 2.45) is 0 Å². The van der Waals surface area contributed by atoms with Gasteiger partial charge in [0.05, 0.1) is 5.92 Å². The highest BCUT2D eigenvalue weighted by atomic mass is 16.2. The second-order valence-corrected chi connectivity index (χ2v) is 6.15. The van der Waals surface area contributed by atoms with Crippen molar-refractivity contribution in [3.05, 3.63) is 35.4 Å². The topological polar surface area (TPSA) is 32.3 Å². The molecule has 20 heavy (non-hydrogen) atoms. The molecule has 1 saturated heterocycles. The minimum atomic E-state index is 0.107. The molecule has 1 heterocycles. The number of hydrogen-bond acceptors (Lipinski definition) is 2. The van der Waals surface area contributed by atoms with Crippen LogP contribution in [0.5, 0.6) is 0 Å². The second kappa shape index (κ2) is 5.96. The number of hydrogen-bond donors (Lipinski definition) is 1. The Labute approximate surface area is 121 Å². The summed E-state index contributed by atoms with van der Waals surface area (Å²) >= 11 is 0. The highest BCUT2D eigenvalue weighted by Crippen LogP contribution is 2.35. The Bertz CT molecular complexity index is 480. The molecular formula is C17H24N2O. The Morgan fingerprint density at radius 2 is 2.20 bits per heavy atom. The van der Waals surface area contributed by atoms with Gasteiger partial charge in [0.25, 0.3) is 0 Å². The zero-order valence-electron chi connectivity index (χ0n) is 12.3. The van der Waals surface area contributed by atoms with Gasteiger partial charge in [0.15, 0.2) is 0 Å². The maximum absolute atomic E-state index is 12.5. The average Bonchev–Trinajstić information content (AvgIpc) is 2.47. The van der Waals surface area contributed by atoms with Crippen LogP contribution in [-0.2, 0) is 11.2 Å². The number of carbonyl (C=O) groups is 1. The van der Waals surface area contributed by atoms with Gasteiger partial charge in [-0.3, -0.25) is 4.79 Å². The van der Waals surface area contributed by atoms with Gasteiger partial charge in [-0.25, -0.2) is 0 Å². The highest BCUT2D eigenvalue weighted by Gasteiger charge is 2.33. The molecule has 108 valence electrons. The Morgan fingerprint density at radius 1 is 1.35 bits per heavy atom. The van der Waals surface area contributed by atoms with Crippen molar-refractivity contribution in [2.75, 3.05) is 20.1 Å². The minimum absolute atomic E-state index is 0.107. The molecule has 1 aliphatic heterocycles. The normalized spacial score (nSPS) is 24.6. The molecule has 1 fully saturated rings. The van der Waals surface area contributed by atoms with E-state index in [0.717, 1.165) is 25.9 Å². The van der Waals surface area contributed by atoms with E-state index in [4.69, 9.17) is 0 Å². The molecule has 1 amide bonds. The zero-order valence-corrected chi connectivity index (χ0v) is 12.3. The molecule has 0 radical (unpaired) electrons. The lowest BCUT2D eigenvalue weighted by molar-refractivity contribution is -0.132. The van der Waals surface area contributed by atoms with Crippen molar-refractivity contribution in [3.8, 4) is 0 Å². The summed E-state index contributed by atoms with van der Waals surface area (Å²) in [6.45, 7) is 2.01. The van der Waals surface area contributed by atoms with Gasteiger partial charge in [-0.2, -0.15) is 0 Å². The van der Waals surface area contributed by atoms with E-state index >= 15 is 0 Å². The lowest BCUT2D eigenvalue weighted by Gasteiger charge is -2.33. The van der Waals surface area contributed by atoms with Gasteiger partial charge in [0, 0.05) is 19.6 Å². The fraction of sp³-hybridized carbons (Fsp3) is 0.588. The molecule has 2 unspecified atom stereocenters. The predicted molar refractivity (Wildman–Crippen MR) is 80.8 cm³/mol. The summed E-state index contributed by atoms with van der Waals surface area (Å²) < 4.78 is 0. The Hall–Kier alpha value is -1.35.